The molecule has 0 N–H and O–H groups in total. The molecule has 2 aliphatic rings. The third kappa shape index (κ3) is 6.16. The molecule has 0 heterocycles. The summed E-state index contributed by atoms with van der Waals surface area (Å²) in [6, 6.07) is 60.5. The van der Waals surface area contributed by atoms with Crippen molar-refractivity contribution in [2.24, 2.45) is 0 Å². The Balaban J connectivity index is 0.00000235. The standard InChI is InChI=1S/2C26H21.2CH3.2ClH.Hf.H2Si/c2*1-2-9-20-16-18-10-4-6-13-22(18)26(20)25-17-19-11-3-5-12-21(19)23-14-7-8-15-24(23)25;;;;;;/h2*3-8,10-17H,2,9H2,1H3;2*1H3;2*1H;;1H2. The van der Waals surface area contributed by atoms with E-state index in [4.69, 9.17) is 0 Å². The average molecular weight is 978 g/mol. The summed E-state index contributed by atoms with van der Waals surface area (Å²) in [5.41, 5.74) is 15.3. The van der Waals surface area contributed by atoms with Crippen LogP contribution in [0.5, 0.6) is 0 Å². The van der Waals surface area contributed by atoms with E-state index < -0.39 is 17.1 Å². The van der Waals surface area contributed by atoms with Crippen LogP contribution in [-0.4, -0.2) is 6.94 Å². The van der Waals surface area contributed by atoms with Crippen molar-refractivity contribution in [2.45, 2.75) is 56.2 Å². The second kappa shape index (κ2) is 15.5. The minimum absolute atomic E-state index is 0. The first-order chi connectivity index (χ1) is 27.3. The predicted octanol–water partition coefficient (Wildman–Crippen LogP) is 15.5. The summed E-state index contributed by atoms with van der Waals surface area (Å²) in [5, 5.41) is 10.8. The summed E-state index contributed by atoms with van der Waals surface area (Å²) in [7, 11) is 0. The van der Waals surface area contributed by atoms with Gasteiger partial charge in [-0.2, -0.15) is 0 Å². The first kappa shape index (κ1) is 40.7. The fourth-order valence-electron chi connectivity index (χ4n) is 11.5. The van der Waals surface area contributed by atoms with Gasteiger partial charge in [0, 0.05) is 0 Å². The van der Waals surface area contributed by atoms with Crippen LogP contribution in [0.3, 0.4) is 0 Å². The fraction of sp³-hybridized carbons (Fsp3) is 0.185. The first-order valence-electron chi connectivity index (χ1n) is 20.8. The van der Waals surface area contributed by atoms with Gasteiger partial charge < -0.3 is 0 Å². The van der Waals surface area contributed by atoms with Crippen LogP contribution in [0.4, 0.5) is 0 Å². The van der Waals surface area contributed by atoms with Crippen molar-refractivity contribution < 1.29 is 17.1 Å². The van der Waals surface area contributed by atoms with E-state index in [-0.39, 0.29) is 24.8 Å². The van der Waals surface area contributed by atoms with Gasteiger partial charge >= 0.3 is 337 Å². The first-order valence-corrected chi connectivity index (χ1v) is 40.5. The molecule has 2 unspecified atom stereocenters. The molecule has 0 saturated heterocycles. The maximum Gasteiger partial charge on any atom is -0.147 e. The van der Waals surface area contributed by atoms with Gasteiger partial charge in [0.2, 0.25) is 0 Å². The summed E-state index contributed by atoms with van der Waals surface area (Å²) < 4.78 is 6.60. The van der Waals surface area contributed by atoms with Gasteiger partial charge in [-0.3, -0.25) is 0 Å². The molecule has 8 aromatic carbocycles. The molecule has 2 aliphatic carbocycles. The SMILES string of the molecule is CCCC1=C(c2cc3ccccc3c3ccccc23)c2ccccc2[CH]1[Hf]([CH3])([CH3])(=[SiH2])[CH]1C(CCC)=C(c2cc3ccccc3c3ccccc23)c2ccccc21.Cl.Cl. The number of rotatable bonds is 8. The van der Waals surface area contributed by atoms with E-state index in [0.29, 0.717) is 7.35 Å². The average Bonchev–Trinajstić information content (AvgIpc) is 3.74. The normalized spacial score (nSPS) is 16.5. The zero-order chi connectivity index (χ0) is 38.2. The van der Waals surface area contributed by atoms with Crippen molar-refractivity contribution in [1.82, 2.24) is 0 Å². The van der Waals surface area contributed by atoms with E-state index in [1.54, 1.807) is 22.3 Å². The van der Waals surface area contributed by atoms with Gasteiger partial charge in [-0.15, -0.1) is 24.8 Å². The molecule has 0 nitrogen and oxygen atoms in total. The summed E-state index contributed by atoms with van der Waals surface area (Å²) in [5.74, 6) is 0. The molecule has 0 radical (unpaired) electrons. The van der Waals surface area contributed by atoms with Crippen LogP contribution >= 0.6 is 24.8 Å². The summed E-state index contributed by atoms with van der Waals surface area (Å²) in [6.45, 7) is 7.31. The van der Waals surface area contributed by atoms with Crippen molar-refractivity contribution in [3.63, 3.8) is 0 Å². The van der Waals surface area contributed by atoms with E-state index in [1.165, 1.54) is 76.5 Å². The van der Waals surface area contributed by atoms with Crippen molar-refractivity contribution in [3.8, 4) is 0 Å². The Labute approximate surface area is 358 Å². The molecule has 8 aromatic rings. The Morgan fingerprint density at radius 1 is 0.414 bits per heavy atom. The van der Waals surface area contributed by atoms with Crippen LogP contribution in [0.15, 0.2) is 169 Å². The largest absolute Gasteiger partial charge is 0.147 e. The topological polar surface area (TPSA) is 0 Å². The quantitative estimate of drug-likeness (QED) is 0.105. The van der Waals surface area contributed by atoms with Gasteiger partial charge in [-0.25, -0.2) is 0 Å². The molecule has 0 aromatic heterocycles. The van der Waals surface area contributed by atoms with Crippen LogP contribution in [0.25, 0.3) is 54.2 Å². The van der Waals surface area contributed by atoms with Gasteiger partial charge in [-0.1, -0.05) is 0 Å². The molecular weight excluding hydrogens is 926 g/mol. The molecule has 0 spiro atoms. The molecule has 2 atom stereocenters. The minimum atomic E-state index is -4.20. The molecule has 4 heteroatoms. The second-order valence-corrected chi connectivity index (χ2v) is 61.2. The fourth-order valence-corrected chi connectivity index (χ4v) is 39.8. The Hall–Kier alpha value is -4.05. The Bertz CT molecular complexity index is 2850. The van der Waals surface area contributed by atoms with E-state index in [2.05, 4.69) is 188 Å². The summed E-state index contributed by atoms with van der Waals surface area (Å²) in [6.07, 6.45) is 4.51. The zero-order valence-electron chi connectivity index (χ0n) is 34.0. The molecule has 10 rings (SSSR count). The van der Waals surface area contributed by atoms with Gasteiger partial charge in [0.1, 0.15) is 0 Å². The zero-order valence-corrected chi connectivity index (χ0v) is 40.7. The van der Waals surface area contributed by atoms with Gasteiger partial charge in [0.05, 0.1) is 0 Å². The molecular formula is C54H52Cl2HfSi. The number of hydrogen-bond acceptors (Lipinski definition) is 0. The maximum atomic E-state index is 2.85. The third-order valence-electron chi connectivity index (χ3n) is 13.4. The van der Waals surface area contributed by atoms with Crippen molar-refractivity contribution in [3.05, 3.63) is 202 Å². The van der Waals surface area contributed by atoms with Crippen LogP contribution in [0, 0.1) is 0 Å². The smallest absolute Gasteiger partial charge is 0.147 e. The predicted molar refractivity (Wildman–Crippen MR) is 258 cm³/mol. The van der Waals surface area contributed by atoms with Crippen molar-refractivity contribution >= 4 is 86.0 Å². The van der Waals surface area contributed by atoms with E-state index in [9.17, 15) is 0 Å². The third-order valence-corrected chi connectivity index (χ3v) is 38.5. The molecule has 0 bridgehead atoms. The monoisotopic (exact) mass is 978 g/mol. The van der Waals surface area contributed by atoms with Gasteiger partial charge in [0.25, 0.3) is 0 Å². The molecule has 0 saturated carbocycles. The molecule has 0 aliphatic heterocycles. The van der Waals surface area contributed by atoms with Gasteiger partial charge in [-0.05, 0) is 0 Å². The van der Waals surface area contributed by atoms with Crippen LogP contribution in [0.1, 0.15) is 80.3 Å². The Morgan fingerprint density at radius 3 is 1.14 bits per heavy atom. The number of hydrogen-bond donors (Lipinski definition) is 0. The molecule has 0 amide bonds. The second-order valence-electron chi connectivity index (χ2n) is 17.7. The summed E-state index contributed by atoms with van der Waals surface area (Å²) >= 11 is -4.20. The molecule has 290 valence electrons. The minimum Gasteiger partial charge on any atom is -0.147 e. The Kier molecular flexibility index (Phi) is 10.9. The summed E-state index contributed by atoms with van der Waals surface area (Å²) in [4.78, 5) is 0. The van der Waals surface area contributed by atoms with Crippen LogP contribution in [0.2, 0.25) is 9.36 Å². The number of halogens is 2. The Morgan fingerprint density at radius 2 is 0.741 bits per heavy atom. The van der Waals surface area contributed by atoms with Crippen LogP contribution < -0.4 is 0 Å². The maximum absolute atomic E-state index is 4.20. The molecule has 0 fully saturated rings. The van der Waals surface area contributed by atoms with Crippen molar-refractivity contribution in [1.29, 1.82) is 0 Å². The molecule has 58 heavy (non-hydrogen) atoms. The number of allylic oxidation sites excluding steroid dienone is 2. The number of benzene rings is 8. The van der Waals surface area contributed by atoms with E-state index >= 15 is 0 Å². The number of fused-ring (bicyclic) bond motifs is 8. The van der Waals surface area contributed by atoms with Crippen LogP contribution in [-0.2, 0) is 17.1 Å². The van der Waals surface area contributed by atoms with E-state index in [1.807, 2.05) is 0 Å². The van der Waals surface area contributed by atoms with Gasteiger partial charge in [0.15, 0.2) is 0 Å². The van der Waals surface area contributed by atoms with Crippen molar-refractivity contribution in [2.75, 3.05) is 0 Å². The van der Waals surface area contributed by atoms with E-state index in [0.717, 1.165) is 25.7 Å².